The smallest absolute Gasteiger partial charge is 0.340 e. The molecule has 0 amide bonds. The molecule has 0 heterocycles. The second-order valence-electron chi connectivity index (χ2n) is 4.19. The van der Waals surface area contributed by atoms with E-state index in [2.05, 4.69) is 4.74 Å². The third kappa shape index (κ3) is 2.89. The Morgan fingerprint density at radius 1 is 1.05 bits per heavy atom. The van der Waals surface area contributed by atoms with Gasteiger partial charge in [-0.2, -0.15) is 0 Å². The van der Waals surface area contributed by atoms with Gasteiger partial charge in [-0.15, -0.1) is 0 Å². The Morgan fingerprint density at radius 3 is 2.29 bits per heavy atom. The van der Waals surface area contributed by atoms with E-state index in [4.69, 9.17) is 5.11 Å². The highest BCUT2D eigenvalue weighted by Crippen LogP contribution is 2.26. The van der Waals surface area contributed by atoms with E-state index in [9.17, 15) is 18.4 Å². The number of methoxy groups -OCH3 is 1. The molecular weight excluding hydrogens is 282 g/mol. The second kappa shape index (κ2) is 5.70. The maximum absolute atomic E-state index is 13.9. The van der Waals surface area contributed by atoms with E-state index in [0.29, 0.717) is 0 Å². The minimum absolute atomic E-state index is 0.0373. The van der Waals surface area contributed by atoms with E-state index in [1.165, 1.54) is 24.3 Å². The maximum Gasteiger partial charge on any atom is 0.340 e. The third-order valence-corrected chi connectivity index (χ3v) is 2.90. The van der Waals surface area contributed by atoms with Gasteiger partial charge in [0.25, 0.3) is 0 Å². The summed E-state index contributed by atoms with van der Waals surface area (Å²) in [6.45, 7) is 0. The fraction of sp³-hybridized carbons (Fsp3) is 0.0667. The lowest BCUT2D eigenvalue weighted by molar-refractivity contribution is 0.0594. The standard InChI is InChI=1S/C15H10F2O4/c1-21-15(20)11-5-2-8(6-13(11)17)10-4-3-9(14(18)19)7-12(10)16/h2-7H,1H3,(H,18,19). The van der Waals surface area contributed by atoms with Crippen molar-refractivity contribution in [3.8, 4) is 11.1 Å². The van der Waals surface area contributed by atoms with E-state index >= 15 is 0 Å². The Balaban J connectivity index is 2.46. The topological polar surface area (TPSA) is 63.6 Å². The molecule has 0 spiro atoms. The number of carboxylic acid groups (broad SMARTS) is 1. The van der Waals surface area contributed by atoms with Crippen molar-refractivity contribution in [2.75, 3.05) is 7.11 Å². The van der Waals surface area contributed by atoms with Gasteiger partial charge in [-0.05, 0) is 29.8 Å². The first kappa shape index (κ1) is 14.6. The molecule has 0 unspecified atom stereocenters. The Bertz CT molecular complexity index is 726. The zero-order chi connectivity index (χ0) is 15.6. The molecule has 0 fully saturated rings. The lowest BCUT2D eigenvalue weighted by atomic mass is 10.0. The van der Waals surface area contributed by atoms with Gasteiger partial charge in [0.05, 0.1) is 18.2 Å². The minimum Gasteiger partial charge on any atom is -0.478 e. The van der Waals surface area contributed by atoms with Gasteiger partial charge in [0.1, 0.15) is 11.6 Å². The summed E-state index contributed by atoms with van der Waals surface area (Å²) in [7, 11) is 1.12. The van der Waals surface area contributed by atoms with Crippen LogP contribution in [0.1, 0.15) is 20.7 Å². The third-order valence-electron chi connectivity index (χ3n) is 2.90. The Morgan fingerprint density at radius 2 is 1.76 bits per heavy atom. The fourth-order valence-corrected chi connectivity index (χ4v) is 1.84. The Labute approximate surface area is 118 Å². The number of benzene rings is 2. The first-order valence-corrected chi connectivity index (χ1v) is 5.85. The van der Waals surface area contributed by atoms with Crippen molar-refractivity contribution < 1.29 is 28.2 Å². The number of halogens is 2. The van der Waals surface area contributed by atoms with Crippen LogP contribution in [0.15, 0.2) is 36.4 Å². The van der Waals surface area contributed by atoms with Crippen molar-refractivity contribution in [1.82, 2.24) is 0 Å². The van der Waals surface area contributed by atoms with Crippen LogP contribution in [0.2, 0.25) is 0 Å². The summed E-state index contributed by atoms with van der Waals surface area (Å²) >= 11 is 0. The van der Waals surface area contributed by atoms with E-state index < -0.39 is 23.6 Å². The molecule has 0 aliphatic rings. The molecule has 0 aliphatic carbocycles. The van der Waals surface area contributed by atoms with Gasteiger partial charge in [-0.1, -0.05) is 12.1 Å². The average molecular weight is 292 g/mol. The summed E-state index contributed by atoms with van der Waals surface area (Å²) in [5, 5.41) is 8.76. The molecule has 21 heavy (non-hydrogen) atoms. The summed E-state index contributed by atoms with van der Waals surface area (Å²) in [5.41, 5.74) is -0.239. The summed E-state index contributed by atoms with van der Waals surface area (Å²) in [4.78, 5) is 22.0. The molecule has 2 aromatic rings. The number of carbonyl (C=O) groups is 2. The number of esters is 1. The van der Waals surface area contributed by atoms with Crippen molar-refractivity contribution in [2.24, 2.45) is 0 Å². The number of hydrogen-bond donors (Lipinski definition) is 1. The van der Waals surface area contributed by atoms with Gasteiger partial charge in [-0.25, -0.2) is 18.4 Å². The molecule has 0 radical (unpaired) electrons. The molecule has 0 aromatic heterocycles. The van der Waals surface area contributed by atoms with Gasteiger partial charge in [0.2, 0.25) is 0 Å². The number of ether oxygens (including phenoxy) is 1. The molecule has 0 saturated heterocycles. The Kier molecular flexibility index (Phi) is 3.98. The van der Waals surface area contributed by atoms with Gasteiger partial charge < -0.3 is 9.84 Å². The zero-order valence-electron chi connectivity index (χ0n) is 10.9. The van der Waals surface area contributed by atoms with Crippen LogP contribution < -0.4 is 0 Å². The second-order valence-corrected chi connectivity index (χ2v) is 4.19. The molecule has 6 heteroatoms. The largest absolute Gasteiger partial charge is 0.478 e. The van der Waals surface area contributed by atoms with Gasteiger partial charge >= 0.3 is 11.9 Å². The molecule has 0 saturated carbocycles. The summed E-state index contributed by atoms with van der Waals surface area (Å²) in [6.07, 6.45) is 0. The molecule has 1 N–H and O–H groups in total. The fourth-order valence-electron chi connectivity index (χ4n) is 1.84. The number of carbonyl (C=O) groups excluding carboxylic acids is 1. The van der Waals surface area contributed by atoms with E-state index in [0.717, 1.165) is 19.2 Å². The maximum atomic E-state index is 13.9. The molecule has 2 aromatic carbocycles. The van der Waals surface area contributed by atoms with Crippen molar-refractivity contribution in [3.63, 3.8) is 0 Å². The van der Waals surface area contributed by atoms with Gasteiger partial charge in [-0.3, -0.25) is 0 Å². The molecule has 108 valence electrons. The van der Waals surface area contributed by atoms with Crippen LogP contribution in [0.5, 0.6) is 0 Å². The van der Waals surface area contributed by atoms with Crippen molar-refractivity contribution in [1.29, 1.82) is 0 Å². The van der Waals surface area contributed by atoms with Gasteiger partial charge in [0, 0.05) is 5.56 Å². The molecule has 0 atom stereocenters. The first-order chi connectivity index (χ1) is 9.93. The lowest BCUT2D eigenvalue weighted by Gasteiger charge is -2.07. The highest BCUT2D eigenvalue weighted by Gasteiger charge is 2.15. The zero-order valence-corrected chi connectivity index (χ0v) is 10.9. The minimum atomic E-state index is -1.26. The predicted octanol–water partition coefficient (Wildman–Crippen LogP) is 3.12. The lowest BCUT2D eigenvalue weighted by Crippen LogP contribution is -2.04. The van der Waals surface area contributed by atoms with E-state index in [1.54, 1.807) is 0 Å². The Hall–Kier alpha value is -2.76. The molecular formula is C15H10F2O4. The number of hydrogen-bond acceptors (Lipinski definition) is 3. The number of aromatic carboxylic acids is 1. The van der Waals surface area contributed by atoms with Crippen LogP contribution in [-0.2, 0) is 4.74 Å². The number of rotatable bonds is 3. The van der Waals surface area contributed by atoms with E-state index in [-0.39, 0.29) is 22.3 Å². The quantitative estimate of drug-likeness (QED) is 0.883. The van der Waals surface area contributed by atoms with Gasteiger partial charge in [0.15, 0.2) is 0 Å². The highest BCUT2D eigenvalue weighted by molar-refractivity contribution is 5.91. The highest BCUT2D eigenvalue weighted by atomic mass is 19.1. The monoisotopic (exact) mass is 292 g/mol. The summed E-state index contributed by atoms with van der Waals surface area (Å²) in [6, 6.07) is 6.84. The van der Waals surface area contributed by atoms with Crippen LogP contribution in [0.3, 0.4) is 0 Å². The van der Waals surface area contributed by atoms with Crippen LogP contribution in [0, 0.1) is 11.6 Å². The number of carboxylic acids is 1. The van der Waals surface area contributed by atoms with Crippen molar-refractivity contribution >= 4 is 11.9 Å². The first-order valence-electron chi connectivity index (χ1n) is 5.85. The van der Waals surface area contributed by atoms with Crippen LogP contribution in [-0.4, -0.2) is 24.2 Å². The SMILES string of the molecule is COC(=O)c1ccc(-c2ccc(C(=O)O)cc2F)cc1F. The molecule has 0 aliphatic heterocycles. The molecule has 2 rings (SSSR count). The average Bonchev–Trinajstić information content (AvgIpc) is 2.46. The molecule has 4 nitrogen and oxygen atoms in total. The van der Waals surface area contributed by atoms with Crippen molar-refractivity contribution in [3.05, 3.63) is 59.2 Å². The summed E-state index contributed by atoms with van der Waals surface area (Å²) < 4.78 is 32.1. The van der Waals surface area contributed by atoms with E-state index in [1.807, 2.05) is 0 Å². The van der Waals surface area contributed by atoms with Crippen LogP contribution >= 0.6 is 0 Å². The molecule has 0 bridgehead atoms. The summed E-state index contributed by atoms with van der Waals surface area (Å²) in [5.74, 6) is -3.73. The van der Waals surface area contributed by atoms with Crippen LogP contribution in [0.25, 0.3) is 11.1 Å². The normalized spacial score (nSPS) is 10.2. The van der Waals surface area contributed by atoms with Crippen molar-refractivity contribution in [2.45, 2.75) is 0 Å². The predicted molar refractivity (Wildman–Crippen MR) is 70.1 cm³/mol. The van der Waals surface area contributed by atoms with Crippen LogP contribution in [0.4, 0.5) is 8.78 Å².